The van der Waals surface area contributed by atoms with Gasteiger partial charge in [0.2, 0.25) is 0 Å². The number of amides is 3. The van der Waals surface area contributed by atoms with Crippen molar-refractivity contribution in [2.24, 2.45) is 17.8 Å². The van der Waals surface area contributed by atoms with Crippen LogP contribution in [0.3, 0.4) is 0 Å². The highest BCUT2D eigenvalue weighted by atomic mass is 16.7. The Hall–Kier alpha value is -4.46. The van der Waals surface area contributed by atoms with Crippen LogP contribution in [0.15, 0.2) is 60.7 Å². The van der Waals surface area contributed by atoms with Crippen molar-refractivity contribution in [2.75, 3.05) is 31.3 Å². The fraction of sp³-hybridized carbons (Fsp3) is 0.692. The summed E-state index contributed by atoms with van der Waals surface area (Å²) in [5.41, 5.74) is -5.88. The van der Waals surface area contributed by atoms with Crippen molar-refractivity contribution in [1.82, 2.24) is 10.2 Å². The molecule has 2 aromatic rings. The number of urea groups is 1. The zero-order valence-electron chi connectivity index (χ0n) is 43.4. The first-order valence-electron chi connectivity index (χ1n) is 24.8. The maximum atomic E-state index is 14.6. The average molecular weight is 998 g/mol. The average Bonchev–Trinajstić information content (AvgIpc) is 3.32. The summed E-state index contributed by atoms with van der Waals surface area (Å²) in [4.78, 5) is 44.0. The highest BCUT2D eigenvalue weighted by molar-refractivity contribution is 5.89. The lowest BCUT2D eigenvalue weighted by Gasteiger charge is -2.53. The molecule has 3 saturated heterocycles. The number of hydrogen-bond acceptors (Lipinski definition) is 16. The lowest BCUT2D eigenvalue weighted by Crippen LogP contribution is -2.66. The number of carbonyl (C=O) groups excluding carboxylic acids is 3. The van der Waals surface area contributed by atoms with Crippen LogP contribution in [0.1, 0.15) is 101 Å². The third kappa shape index (κ3) is 13.4. The van der Waals surface area contributed by atoms with E-state index >= 15 is 0 Å². The molecule has 71 heavy (non-hydrogen) atoms. The molecule has 3 aliphatic rings. The van der Waals surface area contributed by atoms with Crippen molar-refractivity contribution in [3.8, 4) is 6.07 Å². The van der Waals surface area contributed by atoms with Gasteiger partial charge in [0.1, 0.15) is 29.0 Å². The van der Waals surface area contributed by atoms with Gasteiger partial charge in [-0.15, -0.1) is 0 Å². The van der Waals surface area contributed by atoms with Crippen molar-refractivity contribution in [3.63, 3.8) is 0 Å². The molecule has 3 fully saturated rings. The normalized spacial score (nSPS) is 39.6. The predicted octanol–water partition coefficient (Wildman–Crippen LogP) is 5.70. The zero-order valence-corrected chi connectivity index (χ0v) is 43.4. The van der Waals surface area contributed by atoms with Crippen molar-refractivity contribution >= 4 is 29.5 Å². The quantitative estimate of drug-likeness (QED) is 0.133. The van der Waals surface area contributed by atoms with Crippen molar-refractivity contribution in [2.45, 2.75) is 191 Å². The van der Waals surface area contributed by atoms with E-state index in [1.165, 1.54) is 18.9 Å². The second-order valence-electron chi connectivity index (χ2n) is 20.7. The van der Waals surface area contributed by atoms with Crippen LogP contribution < -0.4 is 16.0 Å². The second-order valence-corrected chi connectivity index (χ2v) is 20.7. The number of likely N-dealkylation sites (N-methyl/N-ethyl adjacent to an activating group) is 1. The molecule has 18 atom stereocenters. The molecule has 19 nitrogen and oxygen atoms in total. The number of aliphatic hydroxyl groups excluding tert-OH is 1. The molecule has 396 valence electrons. The Balaban J connectivity index is 1.63. The Kier molecular flexibility index (Phi) is 19.5. The standard InChI is InChI=1S/C52H79N5O14/c1-13-39-51(10,63)43(58)34(6)54-29-30(2)27-49(8,62)44(32(4)41(33(5)45(59)68-39)69-40-28-50(9,65-12)52(64,24-25-53)35(7)67-40)71-46-42(70-48(61)56-37-22-18-15-19-23-37)38(26-31(3)66-46)57(11)47(60)55-36-20-16-14-17-21-36/h14-23,30-35,38-44,46,54,58,62-64H,13,24,26-29H2,1-12H3,(H,55,60)(H,56,61)/t30-,31?,32+,33-,34-,35+,38?,39-,40+,41+,42?,43-,44-,46?,49-,50-,51-,52+/m1/s1. The zero-order chi connectivity index (χ0) is 52.6. The first-order chi connectivity index (χ1) is 33.3. The minimum absolute atomic E-state index is 0.0579. The second kappa shape index (κ2) is 24.1. The van der Waals surface area contributed by atoms with Gasteiger partial charge in [-0.3, -0.25) is 10.1 Å². The number of ether oxygens (including phenoxy) is 7. The van der Waals surface area contributed by atoms with E-state index < -0.39 is 120 Å². The molecule has 0 radical (unpaired) electrons. The third-order valence-corrected chi connectivity index (χ3v) is 15.0. The maximum absolute atomic E-state index is 14.6. The summed E-state index contributed by atoms with van der Waals surface area (Å²) in [7, 11) is 2.99. The van der Waals surface area contributed by atoms with E-state index in [-0.39, 0.29) is 44.6 Å². The summed E-state index contributed by atoms with van der Waals surface area (Å²) in [6.45, 7) is 16.9. The summed E-state index contributed by atoms with van der Waals surface area (Å²) in [5, 5.41) is 66.9. The molecule has 0 aromatic heterocycles. The molecule has 0 aliphatic carbocycles. The number of esters is 1. The Morgan fingerprint density at radius 3 is 2.08 bits per heavy atom. The van der Waals surface area contributed by atoms with Gasteiger partial charge in [-0.2, -0.15) is 5.26 Å². The van der Waals surface area contributed by atoms with Crippen LogP contribution >= 0.6 is 0 Å². The van der Waals surface area contributed by atoms with E-state index in [0.29, 0.717) is 11.4 Å². The number of rotatable bonds is 11. The van der Waals surface area contributed by atoms with Gasteiger partial charge >= 0.3 is 18.1 Å². The van der Waals surface area contributed by atoms with Crippen molar-refractivity contribution in [3.05, 3.63) is 60.7 Å². The molecule has 7 N–H and O–H groups in total. The van der Waals surface area contributed by atoms with Crippen LogP contribution in [0.4, 0.5) is 21.0 Å². The van der Waals surface area contributed by atoms with Gasteiger partial charge in [0.15, 0.2) is 18.7 Å². The smallest absolute Gasteiger partial charge is 0.412 e. The third-order valence-electron chi connectivity index (χ3n) is 15.0. The molecule has 0 bridgehead atoms. The number of hydrogen-bond donors (Lipinski definition) is 7. The number of anilines is 2. The van der Waals surface area contributed by atoms with Gasteiger partial charge in [0, 0.05) is 43.9 Å². The topological polar surface area (TPSA) is 260 Å². The Morgan fingerprint density at radius 2 is 1.51 bits per heavy atom. The van der Waals surface area contributed by atoms with Crippen LogP contribution in [-0.2, 0) is 38.0 Å². The van der Waals surface area contributed by atoms with Gasteiger partial charge in [-0.1, -0.05) is 57.2 Å². The molecule has 19 heteroatoms. The van der Waals surface area contributed by atoms with Gasteiger partial charge in [0.05, 0.1) is 54.5 Å². The molecule has 4 unspecified atom stereocenters. The summed E-state index contributed by atoms with van der Waals surface area (Å²) < 4.78 is 45.0. The number of para-hydroxylation sites is 2. The fourth-order valence-corrected chi connectivity index (χ4v) is 10.5. The molecular formula is C52H79N5O14. The number of nitriles is 1. The summed E-state index contributed by atoms with van der Waals surface area (Å²) >= 11 is 0. The molecule has 3 amide bonds. The van der Waals surface area contributed by atoms with Crippen molar-refractivity contribution < 1.29 is 68.0 Å². The van der Waals surface area contributed by atoms with Crippen LogP contribution in [0.25, 0.3) is 0 Å². The summed E-state index contributed by atoms with van der Waals surface area (Å²) in [6.07, 6.45) is -11.6. The molecule has 0 saturated carbocycles. The molecule has 3 aliphatic heterocycles. The molecule has 5 rings (SSSR count). The minimum atomic E-state index is -1.91. The lowest BCUT2D eigenvalue weighted by molar-refractivity contribution is -0.336. The highest BCUT2D eigenvalue weighted by Gasteiger charge is 2.59. The summed E-state index contributed by atoms with van der Waals surface area (Å²) in [6, 6.07) is 17.5. The van der Waals surface area contributed by atoms with E-state index in [2.05, 4.69) is 16.0 Å². The SMILES string of the molecule is CC[C@H]1OC(=O)[C@H](C)[C@@H](O[C@H]2C[C@@](C)(OC)[C@](O)(CC#N)[C@H](C)O2)[C@H](C)[C@@H](OC2OC(C)CC(N(C)C(=O)Nc3ccccc3)C2OC(=O)Nc2ccccc2)[C@](C)(O)C[C@@H](C)CN[C@H](C)[C@@H](O)[C@]1(C)O. The summed E-state index contributed by atoms with van der Waals surface area (Å²) in [5.74, 6) is -3.32. The number of cyclic esters (lactones) is 1. The molecule has 3 heterocycles. The number of nitrogens with one attached hydrogen (secondary N) is 3. The largest absolute Gasteiger partial charge is 0.459 e. The van der Waals surface area contributed by atoms with Gasteiger partial charge < -0.3 is 69.1 Å². The Bertz CT molecular complexity index is 2100. The monoisotopic (exact) mass is 998 g/mol. The van der Waals surface area contributed by atoms with Crippen molar-refractivity contribution in [1.29, 1.82) is 5.26 Å². The number of benzene rings is 2. The predicted molar refractivity (Wildman–Crippen MR) is 263 cm³/mol. The Labute approximate surface area is 418 Å². The van der Waals surface area contributed by atoms with E-state index in [1.807, 2.05) is 19.1 Å². The molecule has 0 spiro atoms. The molecule has 2 aromatic carbocycles. The minimum Gasteiger partial charge on any atom is -0.459 e. The first kappa shape index (κ1) is 57.4. The lowest BCUT2D eigenvalue weighted by atomic mass is 9.73. The number of aliphatic hydroxyl groups is 4. The Morgan fingerprint density at radius 1 is 0.901 bits per heavy atom. The van der Waals surface area contributed by atoms with Crippen LogP contribution in [0.2, 0.25) is 0 Å². The van der Waals surface area contributed by atoms with E-state index in [4.69, 9.17) is 33.2 Å². The first-order valence-corrected chi connectivity index (χ1v) is 24.8. The van der Waals surface area contributed by atoms with Crippen LogP contribution in [-0.4, -0.2) is 154 Å². The number of methoxy groups -OCH3 is 1. The van der Waals surface area contributed by atoms with E-state index in [0.717, 1.165) is 0 Å². The van der Waals surface area contributed by atoms with Gasteiger partial charge in [-0.05, 0) is 104 Å². The number of carbonyl (C=O) groups is 3. The molecular weight excluding hydrogens is 919 g/mol. The van der Waals surface area contributed by atoms with Gasteiger partial charge in [0.25, 0.3) is 0 Å². The highest BCUT2D eigenvalue weighted by Crippen LogP contribution is 2.45. The van der Waals surface area contributed by atoms with E-state index in [1.54, 1.807) is 117 Å². The van der Waals surface area contributed by atoms with Gasteiger partial charge in [-0.25, -0.2) is 9.59 Å². The maximum Gasteiger partial charge on any atom is 0.412 e. The van der Waals surface area contributed by atoms with Crippen LogP contribution in [0.5, 0.6) is 0 Å². The fourth-order valence-electron chi connectivity index (χ4n) is 10.5. The van der Waals surface area contributed by atoms with Crippen LogP contribution in [0, 0.1) is 29.1 Å². The van der Waals surface area contributed by atoms with E-state index in [9.17, 15) is 40.1 Å². The number of nitrogens with zero attached hydrogens (tertiary/aromatic N) is 2.